The van der Waals surface area contributed by atoms with Gasteiger partial charge in [0.2, 0.25) is 11.8 Å². The Kier molecular flexibility index (Phi) is 6.24. The quantitative estimate of drug-likeness (QED) is 0.547. The van der Waals surface area contributed by atoms with Crippen LogP contribution in [0.3, 0.4) is 0 Å². The Labute approximate surface area is 200 Å². The van der Waals surface area contributed by atoms with Gasteiger partial charge in [-0.15, -0.1) is 0 Å². The molecule has 35 heavy (non-hydrogen) atoms. The molecule has 0 radical (unpaired) electrons. The Morgan fingerprint density at radius 2 is 1.77 bits per heavy atom. The maximum Gasteiger partial charge on any atom is 0.417 e. The van der Waals surface area contributed by atoms with Crippen molar-refractivity contribution in [1.82, 2.24) is 15.5 Å². The van der Waals surface area contributed by atoms with E-state index in [1.807, 2.05) is 0 Å². The zero-order valence-corrected chi connectivity index (χ0v) is 18.4. The molecule has 2 aliphatic rings. The fraction of sp³-hybridized carbons (Fsp3) is 0.227. The second kappa shape index (κ2) is 9.02. The Balaban J connectivity index is 1.43. The molecule has 6 amide bonds. The number of piperidine rings is 1. The zero-order chi connectivity index (χ0) is 25.5. The minimum Gasteiger partial charge on any atom is -0.334 e. The number of halogens is 4. The molecule has 0 aromatic heterocycles. The molecule has 0 spiro atoms. The van der Waals surface area contributed by atoms with E-state index in [2.05, 4.69) is 16.0 Å². The number of hydrogen-bond acceptors (Lipinski definition) is 5. The van der Waals surface area contributed by atoms with Gasteiger partial charge in [0.15, 0.2) is 0 Å². The van der Waals surface area contributed by atoms with Gasteiger partial charge in [0.05, 0.1) is 21.7 Å². The number of alkyl halides is 3. The van der Waals surface area contributed by atoms with Crippen LogP contribution in [0.1, 0.15) is 44.7 Å². The standard InChI is InChI=1S/C22H16ClF3N4O5/c23-15-4-2-11(8-14(15)22(24,25)26)28-21(35)27-9-10-1-3-12-13(7-10)20(34)30(19(12)33)16-5-6-17(31)29-18(16)32/h1-4,7-8,16H,5-6,9H2,(H2,27,28,35)(H,29,31,32). The van der Waals surface area contributed by atoms with Gasteiger partial charge in [-0.2, -0.15) is 13.2 Å². The molecule has 2 aromatic rings. The highest BCUT2D eigenvalue weighted by Gasteiger charge is 2.44. The smallest absolute Gasteiger partial charge is 0.334 e. The van der Waals surface area contributed by atoms with Crippen LogP contribution >= 0.6 is 11.6 Å². The van der Waals surface area contributed by atoms with Crippen molar-refractivity contribution < 1.29 is 37.1 Å². The summed E-state index contributed by atoms with van der Waals surface area (Å²) in [4.78, 5) is 62.0. The average Bonchev–Trinajstić information content (AvgIpc) is 3.03. The number of carbonyl (C=O) groups is 5. The zero-order valence-electron chi connectivity index (χ0n) is 17.7. The number of nitrogens with zero attached hydrogens (tertiary/aromatic N) is 1. The van der Waals surface area contributed by atoms with Gasteiger partial charge >= 0.3 is 12.2 Å². The predicted molar refractivity (Wildman–Crippen MR) is 115 cm³/mol. The van der Waals surface area contributed by atoms with Gasteiger partial charge in [-0.05, 0) is 42.3 Å². The van der Waals surface area contributed by atoms with Gasteiger partial charge in [0, 0.05) is 18.7 Å². The molecule has 0 aliphatic carbocycles. The van der Waals surface area contributed by atoms with Crippen LogP contribution in [0.2, 0.25) is 5.02 Å². The molecule has 2 aromatic carbocycles. The first-order valence-electron chi connectivity index (χ1n) is 10.2. The molecular formula is C22H16ClF3N4O5. The molecule has 182 valence electrons. The maximum absolute atomic E-state index is 13.0. The summed E-state index contributed by atoms with van der Waals surface area (Å²) in [5, 5.41) is 6.31. The van der Waals surface area contributed by atoms with Gasteiger partial charge in [-0.3, -0.25) is 29.4 Å². The van der Waals surface area contributed by atoms with Crippen molar-refractivity contribution in [1.29, 1.82) is 0 Å². The molecule has 2 heterocycles. The van der Waals surface area contributed by atoms with Crippen molar-refractivity contribution in [2.75, 3.05) is 5.32 Å². The molecule has 0 bridgehead atoms. The number of amides is 6. The van der Waals surface area contributed by atoms with E-state index in [-0.39, 0.29) is 36.2 Å². The van der Waals surface area contributed by atoms with Crippen molar-refractivity contribution in [2.45, 2.75) is 31.6 Å². The van der Waals surface area contributed by atoms with Crippen LogP contribution < -0.4 is 16.0 Å². The number of anilines is 1. The normalized spacial score (nSPS) is 17.8. The third kappa shape index (κ3) is 4.83. The SMILES string of the molecule is O=C1CCC(N2C(=O)c3ccc(CNC(=O)Nc4ccc(Cl)c(C(F)(F)F)c4)cc3C2=O)C(=O)N1. The van der Waals surface area contributed by atoms with E-state index in [0.29, 0.717) is 11.6 Å². The molecule has 1 fully saturated rings. The molecule has 9 nitrogen and oxygen atoms in total. The van der Waals surface area contributed by atoms with Gasteiger partial charge in [0.25, 0.3) is 11.8 Å². The number of urea groups is 1. The lowest BCUT2D eigenvalue weighted by Crippen LogP contribution is -2.54. The van der Waals surface area contributed by atoms with Crippen LogP contribution in [0.4, 0.5) is 23.7 Å². The van der Waals surface area contributed by atoms with Crippen molar-refractivity contribution in [3.8, 4) is 0 Å². The van der Waals surface area contributed by atoms with Crippen LogP contribution in [-0.4, -0.2) is 40.6 Å². The van der Waals surface area contributed by atoms with Crippen LogP contribution in [0.25, 0.3) is 0 Å². The third-order valence-electron chi connectivity index (χ3n) is 5.49. The number of nitrogens with one attached hydrogen (secondary N) is 3. The monoisotopic (exact) mass is 508 g/mol. The van der Waals surface area contributed by atoms with Crippen LogP contribution in [0.15, 0.2) is 36.4 Å². The summed E-state index contributed by atoms with van der Waals surface area (Å²) in [6.07, 6.45) is -4.68. The summed E-state index contributed by atoms with van der Waals surface area (Å²) in [6.45, 7) is -0.112. The van der Waals surface area contributed by atoms with Gasteiger partial charge in [0.1, 0.15) is 6.04 Å². The lowest BCUT2D eigenvalue weighted by Gasteiger charge is -2.27. The van der Waals surface area contributed by atoms with E-state index < -0.39 is 52.5 Å². The highest BCUT2D eigenvalue weighted by molar-refractivity contribution is 6.31. The van der Waals surface area contributed by atoms with Gasteiger partial charge in [-0.1, -0.05) is 17.7 Å². The summed E-state index contributed by atoms with van der Waals surface area (Å²) < 4.78 is 39.0. The topological polar surface area (TPSA) is 125 Å². The molecule has 1 atom stereocenters. The average molecular weight is 509 g/mol. The first kappa shape index (κ1) is 24.2. The van der Waals surface area contributed by atoms with Crippen molar-refractivity contribution in [3.63, 3.8) is 0 Å². The highest BCUT2D eigenvalue weighted by Crippen LogP contribution is 2.36. The largest absolute Gasteiger partial charge is 0.417 e. The molecule has 2 aliphatic heterocycles. The summed E-state index contributed by atoms with van der Waals surface area (Å²) in [7, 11) is 0. The maximum atomic E-state index is 13.0. The number of rotatable bonds is 4. The Hall–Kier alpha value is -3.93. The summed E-state index contributed by atoms with van der Waals surface area (Å²) in [6, 6.07) is 5.25. The second-order valence-corrected chi connectivity index (χ2v) is 8.23. The highest BCUT2D eigenvalue weighted by atomic mass is 35.5. The van der Waals surface area contributed by atoms with Crippen molar-refractivity contribution in [2.24, 2.45) is 0 Å². The van der Waals surface area contributed by atoms with E-state index in [9.17, 15) is 37.1 Å². The van der Waals surface area contributed by atoms with E-state index in [0.717, 1.165) is 11.0 Å². The number of fused-ring (bicyclic) bond motifs is 1. The molecule has 4 rings (SSSR count). The van der Waals surface area contributed by atoms with E-state index in [1.165, 1.54) is 24.3 Å². The molecule has 1 unspecified atom stereocenters. The molecular weight excluding hydrogens is 493 g/mol. The van der Waals surface area contributed by atoms with Crippen molar-refractivity contribution >= 4 is 46.9 Å². The van der Waals surface area contributed by atoms with Crippen LogP contribution in [0, 0.1) is 0 Å². The number of carbonyl (C=O) groups excluding carboxylic acids is 5. The number of benzene rings is 2. The minimum absolute atomic E-state index is 0.00776. The summed E-state index contributed by atoms with van der Waals surface area (Å²) in [5.41, 5.74) is -0.689. The fourth-order valence-electron chi connectivity index (χ4n) is 3.81. The first-order chi connectivity index (χ1) is 16.5. The number of hydrogen-bond donors (Lipinski definition) is 3. The Morgan fingerprint density at radius 1 is 1.06 bits per heavy atom. The Morgan fingerprint density at radius 3 is 2.46 bits per heavy atom. The van der Waals surface area contributed by atoms with Gasteiger partial charge < -0.3 is 10.6 Å². The van der Waals surface area contributed by atoms with Crippen molar-refractivity contribution in [3.05, 3.63) is 63.7 Å². The summed E-state index contributed by atoms with van der Waals surface area (Å²) in [5.74, 6) is -2.58. The lowest BCUT2D eigenvalue weighted by molar-refractivity contribution is -0.138. The molecule has 0 saturated carbocycles. The predicted octanol–water partition coefficient (Wildman–Crippen LogP) is 3.08. The fourth-order valence-corrected chi connectivity index (χ4v) is 4.03. The molecule has 13 heteroatoms. The van der Waals surface area contributed by atoms with E-state index >= 15 is 0 Å². The van der Waals surface area contributed by atoms with Crippen LogP contribution in [-0.2, 0) is 22.3 Å². The van der Waals surface area contributed by atoms with Crippen LogP contribution in [0.5, 0.6) is 0 Å². The Bertz CT molecular complexity index is 1280. The third-order valence-corrected chi connectivity index (χ3v) is 5.82. The van der Waals surface area contributed by atoms with Gasteiger partial charge in [-0.25, -0.2) is 4.79 Å². The van der Waals surface area contributed by atoms with E-state index in [1.54, 1.807) is 0 Å². The minimum atomic E-state index is -4.69. The molecule has 3 N–H and O–H groups in total. The van der Waals surface area contributed by atoms with E-state index in [4.69, 9.17) is 11.6 Å². The second-order valence-electron chi connectivity index (χ2n) is 7.83. The lowest BCUT2D eigenvalue weighted by atomic mass is 10.0. The molecule has 1 saturated heterocycles. The summed E-state index contributed by atoms with van der Waals surface area (Å²) >= 11 is 5.56. The first-order valence-corrected chi connectivity index (χ1v) is 10.6. The number of imide groups is 2.